The van der Waals surface area contributed by atoms with Gasteiger partial charge in [-0.3, -0.25) is 4.79 Å². The van der Waals surface area contributed by atoms with Crippen molar-refractivity contribution in [3.05, 3.63) is 35.2 Å². The van der Waals surface area contributed by atoms with Crippen molar-refractivity contribution in [1.82, 2.24) is 4.90 Å². The standard InChI is InChI=1S/C12H13NOS/c1-13(2)7-11(14)10-8-15-12-6-4-3-5-9(10)12/h3-6,8H,7H2,1-2H3. The molecule has 0 aliphatic heterocycles. The maximum Gasteiger partial charge on any atom is 0.178 e. The molecule has 0 saturated carbocycles. The topological polar surface area (TPSA) is 20.3 Å². The number of benzene rings is 1. The van der Waals surface area contributed by atoms with Crippen molar-refractivity contribution in [2.45, 2.75) is 0 Å². The zero-order valence-electron chi connectivity index (χ0n) is 8.86. The quantitative estimate of drug-likeness (QED) is 0.740. The summed E-state index contributed by atoms with van der Waals surface area (Å²) in [6.45, 7) is 0.473. The number of hydrogen-bond acceptors (Lipinski definition) is 3. The second-order valence-electron chi connectivity index (χ2n) is 3.81. The molecule has 0 atom stereocenters. The van der Waals surface area contributed by atoms with Gasteiger partial charge >= 0.3 is 0 Å². The molecule has 0 saturated heterocycles. The van der Waals surface area contributed by atoms with Crippen molar-refractivity contribution in [3.63, 3.8) is 0 Å². The lowest BCUT2D eigenvalue weighted by Crippen LogP contribution is -2.21. The van der Waals surface area contributed by atoms with E-state index in [0.29, 0.717) is 6.54 Å². The van der Waals surface area contributed by atoms with Gasteiger partial charge in [-0.15, -0.1) is 11.3 Å². The van der Waals surface area contributed by atoms with Gasteiger partial charge in [-0.2, -0.15) is 0 Å². The summed E-state index contributed by atoms with van der Waals surface area (Å²) in [6, 6.07) is 8.03. The number of carbonyl (C=O) groups is 1. The second-order valence-corrected chi connectivity index (χ2v) is 4.72. The fourth-order valence-corrected chi connectivity index (χ4v) is 2.53. The summed E-state index contributed by atoms with van der Waals surface area (Å²) < 4.78 is 1.18. The number of nitrogens with zero attached hydrogens (tertiary/aromatic N) is 1. The van der Waals surface area contributed by atoms with E-state index in [0.717, 1.165) is 10.9 Å². The molecule has 1 aromatic heterocycles. The molecule has 0 spiro atoms. The van der Waals surface area contributed by atoms with E-state index in [4.69, 9.17) is 0 Å². The molecule has 1 aromatic carbocycles. The first-order valence-corrected chi connectivity index (χ1v) is 5.70. The molecule has 0 unspecified atom stereocenters. The van der Waals surface area contributed by atoms with Gasteiger partial charge in [-0.05, 0) is 20.2 Å². The van der Waals surface area contributed by atoms with Crippen LogP contribution < -0.4 is 0 Å². The van der Waals surface area contributed by atoms with Crippen LogP contribution in [0.5, 0.6) is 0 Å². The number of carbonyl (C=O) groups excluding carboxylic acids is 1. The minimum absolute atomic E-state index is 0.192. The molecular weight excluding hydrogens is 206 g/mol. The normalized spacial score (nSPS) is 11.1. The Morgan fingerprint density at radius 2 is 2.07 bits per heavy atom. The maximum absolute atomic E-state index is 11.9. The zero-order valence-corrected chi connectivity index (χ0v) is 9.67. The summed E-state index contributed by atoms with van der Waals surface area (Å²) in [4.78, 5) is 13.8. The minimum Gasteiger partial charge on any atom is -0.302 e. The van der Waals surface area contributed by atoms with Gasteiger partial charge in [-0.1, -0.05) is 18.2 Å². The molecular formula is C12H13NOS. The number of ketones is 1. The summed E-state index contributed by atoms with van der Waals surface area (Å²) >= 11 is 1.63. The fraction of sp³-hybridized carbons (Fsp3) is 0.250. The number of likely N-dealkylation sites (N-methyl/N-ethyl adjacent to an activating group) is 1. The van der Waals surface area contributed by atoms with E-state index >= 15 is 0 Å². The van der Waals surface area contributed by atoms with E-state index in [-0.39, 0.29) is 5.78 Å². The maximum atomic E-state index is 11.9. The Bertz CT molecular complexity index is 487. The van der Waals surface area contributed by atoms with Crippen LogP contribution in [0.2, 0.25) is 0 Å². The SMILES string of the molecule is CN(C)CC(=O)c1csc2ccccc12. The molecule has 78 valence electrons. The smallest absolute Gasteiger partial charge is 0.178 e. The molecule has 0 radical (unpaired) electrons. The van der Waals surface area contributed by atoms with E-state index in [1.165, 1.54) is 4.70 Å². The average molecular weight is 219 g/mol. The van der Waals surface area contributed by atoms with Crippen LogP contribution >= 0.6 is 11.3 Å². The Balaban J connectivity index is 2.40. The molecule has 15 heavy (non-hydrogen) atoms. The molecule has 2 nitrogen and oxygen atoms in total. The van der Waals surface area contributed by atoms with Gasteiger partial charge in [0.1, 0.15) is 0 Å². The molecule has 0 fully saturated rings. The highest BCUT2D eigenvalue weighted by Gasteiger charge is 2.11. The van der Waals surface area contributed by atoms with Gasteiger partial charge in [0.05, 0.1) is 6.54 Å². The molecule has 2 rings (SSSR count). The highest BCUT2D eigenvalue weighted by Crippen LogP contribution is 2.25. The molecule has 0 amide bonds. The van der Waals surface area contributed by atoms with E-state index in [1.54, 1.807) is 11.3 Å². The Hall–Kier alpha value is -1.19. The Kier molecular flexibility index (Phi) is 2.84. The van der Waals surface area contributed by atoms with Crippen LogP contribution in [0.3, 0.4) is 0 Å². The molecule has 2 aromatic rings. The van der Waals surface area contributed by atoms with Crippen LogP contribution in [0.25, 0.3) is 10.1 Å². The molecule has 0 N–H and O–H groups in total. The Morgan fingerprint density at radius 3 is 2.80 bits per heavy atom. The Labute approximate surface area is 93.1 Å². The number of fused-ring (bicyclic) bond motifs is 1. The third kappa shape index (κ3) is 2.08. The lowest BCUT2D eigenvalue weighted by Gasteiger charge is -2.07. The number of rotatable bonds is 3. The summed E-state index contributed by atoms with van der Waals surface area (Å²) in [5.41, 5.74) is 0.851. The lowest BCUT2D eigenvalue weighted by molar-refractivity contribution is 0.0960. The van der Waals surface area contributed by atoms with E-state index in [2.05, 4.69) is 0 Å². The van der Waals surface area contributed by atoms with Gasteiger partial charge in [0.25, 0.3) is 0 Å². The van der Waals surface area contributed by atoms with Crippen molar-refractivity contribution >= 4 is 27.2 Å². The van der Waals surface area contributed by atoms with Crippen molar-refractivity contribution < 1.29 is 4.79 Å². The monoisotopic (exact) mass is 219 g/mol. The van der Waals surface area contributed by atoms with E-state index < -0.39 is 0 Å². The predicted molar refractivity (Wildman–Crippen MR) is 64.7 cm³/mol. The van der Waals surface area contributed by atoms with Gasteiger partial charge in [0.2, 0.25) is 0 Å². The highest BCUT2D eigenvalue weighted by atomic mass is 32.1. The van der Waals surface area contributed by atoms with Gasteiger partial charge in [-0.25, -0.2) is 0 Å². The molecule has 3 heteroatoms. The number of hydrogen-bond donors (Lipinski definition) is 0. The first-order valence-electron chi connectivity index (χ1n) is 4.82. The predicted octanol–water partition coefficient (Wildman–Crippen LogP) is 2.65. The lowest BCUT2D eigenvalue weighted by atomic mass is 10.1. The fourth-order valence-electron chi connectivity index (χ4n) is 1.57. The van der Waals surface area contributed by atoms with Crippen LogP contribution in [0.4, 0.5) is 0 Å². The summed E-state index contributed by atoms with van der Waals surface area (Å²) in [5.74, 6) is 0.192. The molecule has 1 heterocycles. The summed E-state index contributed by atoms with van der Waals surface area (Å²) in [5, 5.41) is 3.03. The molecule has 0 aliphatic carbocycles. The zero-order chi connectivity index (χ0) is 10.8. The van der Waals surface area contributed by atoms with Gasteiger partial charge in [0.15, 0.2) is 5.78 Å². The van der Waals surface area contributed by atoms with Crippen LogP contribution in [-0.4, -0.2) is 31.3 Å². The number of thiophene rings is 1. The Morgan fingerprint density at radius 1 is 1.33 bits per heavy atom. The van der Waals surface area contributed by atoms with Crippen LogP contribution in [0, 0.1) is 0 Å². The minimum atomic E-state index is 0.192. The first-order chi connectivity index (χ1) is 7.18. The van der Waals surface area contributed by atoms with Crippen molar-refractivity contribution in [1.29, 1.82) is 0 Å². The third-order valence-corrected chi connectivity index (χ3v) is 3.20. The van der Waals surface area contributed by atoms with E-state index in [1.807, 2.05) is 48.6 Å². The highest BCUT2D eigenvalue weighted by molar-refractivity contribution is 7.17. The summed E-state index contributed by atoms with van der Waals surface area (Å²) in [6.07, 6.45) is 0. The first kappa shape index (κ1) is 10.3. The second kappa shape index (κ2) is 4.13. The van der Waals surface area contributed by atoms with Gasteiger partial charge < -0.3 is 4.90 Å². The molecule has 0 aliphatic rings. The third-order valence-electron chi connectivity index (χ3n) is 2.24. The van der Waals surface area contributed by atoms with Crippen LogP contribution in [-0.2, 0) is 0 Å². The van der Waals surface area contributed by atoms with Crippen molar-refractivity contribution in [2.24, 2.45) is 0 Å². The summed E-state index contributed by atoms with van der Waals surface area (Å²) in [7, 11) is 3.82. The largest absolute Gasteiger partial charge is 0.302 e. The van der Waals surface area contributed by atoms with Gasteiger partial charge in [0, 0.05) is 21.0 Å². The van der Waals surface area contributed by atoms with Crippen molar-refractivity contribution in [2.75, 3.05) is 20.6 Å². The van der Waals surface area contributed by atoms with Crippen LogP contribution in [0.15, 0.2) is 29.6 Å². The number of Topliss-reactive ketones (excluding diaryl/α,β-unsaturated/α-hetero) is 1. The molecule has 0 bridgehead atoms. The van der Waals surface area contributed by atoms with E-state index in [9.17, 15) is 4.79 Å². The van der Waals surface area contributed by atoms with Crippen LogP contribution in [0.1, 0.15) is 10.4 Å². The van der Waals surface area contributed by atoms with Crippen molar-refractivity contribution in [3.8, 4) is 0 Å². The average Bonchev–Trinajstić information content (AvgIpc) is 2.59.